The monoisotopic (exact) mass is 477 g/mol. The maximum atomic E-state index is 13.4. The molecule has 32 heavy (non-hydrogen) atoms. The van der Waals surface area contributed by atoms with Crippen molar-refractivity contribution in [1.82, 2.24) is 9.78 Å². The largest absolute Gasteiger partial charge is 0.495 e. The minimum absolute atomic E-state index is 0.0464. The zero-order valence-corrected chi connectivity index (χ0v) is 19.2. The lowest BCUT2D eigenvalue weighted by atomic mass is 9.46. The predicted octanol–water partition coefficient (Wildman–Crippen LogP) is 5.07. The molecule has 7 nitrogen and oxygen atoms in total. The first-order valence-electron chi connectivity index (χ1n) is 10.8. The van der Waals surface area contributed by atoms with E-state index in [0.717, 1.165) is 32.1 Å². The Balaban J connectivity index is 1.51. The molecule has 4 aliphatic rings. The number of halogens is 2. The molecule has 4 aliphatic carbocycles. The molecule has 0 radical (unpaired) electrons. The van der Waals surface area contributed by atoms with E-state index in [9.17, 15) is 14.7 Å². The van der Waals surface area contributed by atoms with Crippen LogP contribution in [0.3, 0.4) is 0 Å². The van der Waals surface area contributed by atoms with E-state index in [4.69, 9.17) is 27.9 Å². The number of hydrogen-bond acceptors (Lipinski definition) is 5. The van der Waals surface area contributed by atoms with Gasteiger partial charge in [-0.05, 0) is 74.0 Å². The Labute approximate surface area is 195 Å². The van der Waals surface area contributed by atoms with Crippen molar-refractivity contribution in [3.8, 4) is 5.75 Å². The maximum absolute atomic E-state index is 13.4. The standard InChI is InChI=1S/C23H25Cl2N3O4/c1-32-18-3-2-15(24)5-16(18)27-17-11-26-28(21(31)20(17)25)23-8-13-4-14(9-23)7-22(6-13,12-23)10-19(29)30/h2-3,5,11,13-14,27H,4,6-10,12H2,1H3,(H,29,30)/t13-,14-,22?,23?/m0/s1. The molecule has 2 N–H and O–H groups in total. The molecule has 0 amide bonds. The average molecular weight is 478 g/mol. The Morgan fingerprint density at radius 2 is 1.97 bits per heavy atom. The summed E-state index contributed by atoms with van der Waals surface area (Å²) < 4.78 is 6.90. The Bertz CT molecular complexity index is 1130. The summed E-state index contributed by atoms with van der Waals surface area (Å²) in [5.74, 6) is 0.648. The van der Waals surface area contributed by atoms with Gasteiger partial charge in [0, 0.05) is 5.02 Å². The molecule has 6 rings (SSSR count). The van der Waals surface area contributed by atoms with Crippen LogP contribution in [0, 0.1) is 17.3 Å². The predicted molar refractivity (Wildman–Crippen MR) is 122 cm³/mol. The normalized spacial score (nSPS) is 30.3. The number of methoxy groups -OCH3 is 1. The van der Waals surface area contributed by atoms with Gasteiger partial charge in [0.25, 0.3) is 5.56 Å². The molecule has 0 aliphatic heterocycles. The molecule has 1 aromatic carbocycles. The molecule has 9 heteroatoms. The van der Waals surface area contributed by atoms with Crippen molar-refractivity contribution in [2.75, 3.05) is 12.4 Å². The molecule has 1 heterocycles. The summed E-state index contributed by atoms with van der Waals surface area (Å²) in [4.78, 5) is 25.0. The van der Waals surface area contributed by atoms with Crippen LogP contribution < -0.4 is 15.6 Å². The van der Waals surface area contributed by atoms with Crippen molar-refractivity contribution < 1.29 is 14.6 Å². The van der Waals surface area contributed by atoms with Gasteiger partial charge in [0.2, 0.25) is 0 Å². The number of aromatic nitrogens is 2. The van der Waals surface area contributed by atoms with E-state index in [-0.39, 0.29) is 22.4 Å². The molecule has 0 unspecified atom stereocenters. The lowest BCUT2D eigenvalue weighted by molar-refractivity contribution is -0.151. The van der Waals surface area contributed by atoms with E-state index in [0.29, 0.717) is 40.4 Å². The second kappa shape index (κ2) is 7.66. The highest BCUT2D eigenvalue weighted by Crippen LogP contribution is 2.65. The van der Waals surface area contributed by atoms with Gasteiger partial charge in [0.1, 0.15) is 10.8 Å². The van der Waals surface area contributed by atoms with E-state index in [1.807, 2.05) is 0 Å². The number of rotatable bonds is 6. The number of carbonyl (C=O) groups is 1. The molecule has 2 aromatic rings. The summed E-state index contributed by atoms with van der Waals surface area (Å²) in [5.41, 5.74) is -0.124. The molecule has 0 saturated heterocycles. The number of nitrogens with zero attached hydrogens (tertiary/aromatic N) is 2. The van der Waals surface area contributed by atoms with Crippen molar-refractivity contribution in [3.05, 3.63) is 44.8 Å². The number of hydrogen-bond donors (Lipinski definition) is 2. The van der Waals surface area contributed by atoms with Crippen LogP contribution in [0.25, 0.3) is 0 Å². The van der Waals surface area contributed by atoms with Gasteiger partial charge in [-0.1, -0.05) is 23.2 Å². The number of nitrogens with one attached hydrogen (secondary N) is 1. The zero-order chi connectivity index (χ0) is 22.7. The first-order chi connectivity index (χ1) is 15.2. The number of benzene rings is 1. The van der Waals surface area contributed by atoms with E-state index in [2.05, 4.69) is 10.4 Å². The van der Waals surface area contributed by atoms with Gasteiger partial charge in [0.05, 0.1) is 36.6 Å². The van der Waals surface area contributed by atoms with E-state index >= 15 is 0 Å². The summed E-state index contributed by atoms with van der Waals surface area (Å²) in [6.07, 6.45) is 7.04. The fourth-order valence-electron chi connectivity index (χ4n) is 6.96. The summed E-state index contributed by atoms with van der Waals surface area (Å²) >= 11 is 12.6. The lowest BCUT2D eigenvalue weighted by Gasteiger charge is -2.61. The van der Waals surface area contributed by atoms with Crippen LogP contribution in [0.5, 0.6) is 5.75 Å². The van der Waals surface area contributed by atoms with Crippen LogP contribution in [0.2, 0.25) is 10.0 Å². The third kappa shape index (κ3) is 3.55. The minimum Gasteiger partial charge on any atom is -0.495 e. The van der Waals surface area contributed by atoms with Crippen molar-refractivity contribution in [1.29, 1.82) is 0 Å². The van der Waals surface area contributed by atoms with Crippen molar-refractivity contribution in [2.45, 2.75) is 50.5 Å². The zero-order valence-electron chi connectivity index (χ0n) is 17.7. The second-order valence-corrected chi connectivity index (χ2v) is 10.6. The van der Waals surface area contributed by atoms with Crippen LogP contribution in [0.1, 0.15) is 44.9 Å². The molecule has 4 fully saturated rings. The Hall–Kier alpha value is -2.25. The highest BCUT2D eigenvalue weighted by atomic mass is 35.5. The lowest BCUT2D eigenvalue weighted by Crippen LogP contribution is -2.59. The maximum Gasteiger partial charge on any atom is 0.303 e. The summed E-state index contributed by atoms with van der Waals surface area (Å²) in [6.45, 7) is 0. The topological polar surface area (TPSA) is 93.4 Å². The number of carboxylic acid groups (broad SMARTS) is 1. The molecular weight excluding hydrogens is 453 g/mol. The van der Waals surface area contributed by atoms with Gasteiger partial charge in [-0.3, -0.25) is 9.59 Å². The van der Waals surface area contributed by atoms with Crippen molar-refractivity contribution in [3.63, 3.8) is 0 Å². The quantitative estimate of drug-likeness (QED) is 0.602. The first kappa shape index (κ1) is 21.6. The van der Waals surface area contributed by atoms with Gasteiger partial charge in [-0.2, -0.15) is 5.10 Å². The Morgan fingerprint density at radius 3 is 2.62 bits per heavy atom. The molecular formula is C23H25Cl2N3O4. The number of ether oxygens (including phenoxy) is 1. The van der Waals surface area contributed by atoms with Gasteiger partial charge < -0.3 is 15.2 Å². The Kier molecular flexibility index (Phi) is 5.17. The van der Waals surface area contributed by atoms with Crippen molar-refractivity contribution >= 4 is 40.5 Å². The second-order valence-electron chi connectivity index (χ2n) is 9.81. The number of carboxylic acids is 1. The highest BCUT2D eigenvalue weighted by molar-refractivity contribution is 6.33. The SMILES string of the molecule is COc1ccc(Cl)cc1Nc1cnn(C23C[C@H]4C[C@@H](CC(CC(=O)O)(C4)C2)C3)c(=O)c1Cl. The fourth-order valence-corrected chi connectivity index (χ4v) is 7.31. The molecule has 4 bridgehead atoms. The number of aliphatic carboxylic acids is 1. The van der Waals surface area contributed by atoms with E-state index < -0.39 is 11.5 Å². The average Bonchev–Trinajstić information content (AvgIpc) is 2.69. The Morgan fingerprint density at radius 1 is 1.25 bits per heavy atom. The molecule has 2 atom stereocenters. The van der Waals surface area contributed by atoms with E-state index in [1.54, 1.807) is 36.2 Å². The third-order valence-corrected chi connectivity index (χ3v) is 8.08. The summed E-state index contributed by atoms with van der Waals surface area (Å²) in [6, 6.07) is 5.13. The summed E-state index contributed by atoms with van der Waals surface area (Å²) in [7, 11) is 1.55. The van der Waals surface area contributed by atoms with Crippen LogP contribution in [0.4, 0.5) is 11.4 Å². The third-order valence-electron chi connectivity index (χ3n) is 7.48. The summed E-state index contributed by atoms with van der Waals surface area (Å²) in [5, 5.41) is 17.8. The van der Waals surface area contributed by atoms with Gasteiger partial charge >= 0.3 is 5.97 Å². The molecule has 170 valence electrons. The van der Waals surface area contributed by atoms with Crippen LogP contribution >= 0.6 is 23.2 Å². The number of anilines is 2. The minimum atomic E-state index is -0.768. The van der Waals surface area contributed by atoms with Gasteiger partial charge in [-0.15, -0.1) is 0 Å². The van der Waals surface area contributed by atoms with Crippen LogP contribution in [-0.2, 0) is 10.3 Å². The van der Waals surface area contributed by atoms with Crippen LogP contribution in [-0.4, -0.2) is 28.0 Å². The van der Waals surface area contributed by atoms with E-state index in [1.165, 1.54) is 0 Å². The highest BCUT2D eigenvalue weighted by Gasteiger charge is 2.59. The van der Waals surface area contributed by atoms with Crippen molar-refractivity contribution in [2.24, 2.45) is 17.3 Å². The fraction of sp³-hybridized carbons (Fsp3) is 0.522. The first-order valence-corrected chi connectivity index (χ1v) is 11.6. The molecule has 0 spiro atoms. The molecule has 4 saturated carbocycles. The van der Waals surface area contributed by atoms with Crippen LogP contribution in [0.15, 0.2) is 29.2 Å². The molecule has 1 aromatic heterocycles. The van der Waals surface area contributed by atoms with Gasteiger partial charge in [-0.25, -0.2) is 4.68 Å². The smallest absolute Gasteiger partial charge is 0.303 e. The van der Waals surface area contributed by atoms with Gasteiger partial charge in [0.15, 0.2) is 0 Å².